The summed E-state index contributed by atoms with van der Waals surface area (Å²) in [7, 11) is 3.90. The lowest BCUT2D eigenvalue weighted by Crippen LogP contribution is -2.32. The van der Waals surface area contributed by atoms with Crippen molar-refractivity contribution in [1.82, 2.24) is 0 Å². The third kappa shape index (κ3) is 4.02. The van der Waals surface area contributed by atoms with Gasteiger partial charge < -0.3 is 10.2 Å². The number of imide groups is 1. The zero-order valence-corrected chi connectivity index (χ0v) is 18.8. The number of hydrogen-bond donors (Lipinski definition) is 1. The Kier molecular flexibility index (Phi) is 5.82. The fraction of sp³-hybridized carbons (Fsp3) is 0.185. The number of anilines is 3. The molecule has 0 saturated heterocycles. The number of hydrogen-bond acceptors (Lipinski definition) is 4. The van der Waals surface area contributed by atoms with Crippen molar-refractivity contribution < 1.29 is 9.59 Å². The van der Waals surface area contributed by atoms with E-state index in [0.717, 1.165) is 23.4 Å². The van der Waals surface area contributed by atoms with Crippen LogP contribution in [0.1, 0.15) is 23.6 Å². The molecule has 0 spiro atoms. The van der Waals surface area contributed by atoms with Crippen molar-refractivity contribution >= 4 is 34.4 Å². The Morgan fingerprint density at radius 2 is 1.44 bits per heavy atom. The molecule has 0 aromatic heterocycles. The van der Waals surface area contributed by atoms with E-state index in [0.29, 0.717) is 22.5 Å². The maximum Gasteiger partial charge on any atom is 0.282 e. The summed E-state index contributed by atoms with van der Waals surface area (Å²) < 4.78 is 0. The van der Waals surface area contributed by atoms with E-state index in [9.17, 15) is 9.59 Å². The van der Waals surface area contributed by atoms with E-state index >= 15 is 0 Å². The zero-order valence-electron chi connectivity index (χ0n) is 18.8. The molecule has 0 fully saturated rings. The van der Waals surface area contributed by atoms with Gasteiger partial charge in [-0.1, -0.05) is 48.9 Å². The third-order valence-corrected chi connectivity index (χ3v) is 5.68. The summed E-state index contributed by atoms with van der Waals surface area (Å²) in [6.45, 7) is 4.09. The van der Waals surface area contributed by atoms with Crippen molar-refractivity contribution in [2.45, 2.75) is 20.3 Å². The fourth-order valence-electron chi connectivity index (χ4n) is 3.74. The van der Waals surface area contributed by atoms with Crippen LogP contribution in [0.4, 0.5) is 17.1 Å². The average Bonchev–Trinajstić information content (AvgIpc) is 3.04. The van der Waals surface area contributed by atoms with Gasteiger partial charge in [0.05, 0.1) is 11.3 Å². The molecule has 1 N–H and O–H groups in total. The van der Waals surface area contributed by atoms with Gasteiger partial charge >= 0.3 is 0 Å². The number of aryl methyl sites for hydroxylation is 2. The molecule has 32 heavy (non-hydrogen) atoms. The van der Waals surface area contributed by atoms with E-state index in [2.05, 4.69) is 12.2 Å². The number of rotatable bonds is 6. The largest absolute Gasteiger partial charge is 0.378 e. The number of nitrogens with one attached hydrogen (secondary N) is 1. The Hall–Kier alpha value is -3.86. The third-order valence-electron chi connectivity index (χ3n) is 5.68. The van der Waals surface area contributed by atoms with Crippen LogP contribution in [0.5, 0.6) is 0 Å². The molecule has 162 valence electrons. The van der Waals surface area contributed by atoms with Crippen molar-refractivity contribution in [2.24, 2.45) is 0 Å². The van der Waals surface area contributed by atoms with E-state index in [1.165, 1.54) is 10.5 Å². The summed E-state index contributed by atoms with van der Waals surface area (Å²) in [5.41, 5.74) is 6.00. The van der Waals surface area contributed by atoms with Gasteiger partial charge in [0.2, 0.25) is 0 Å². The summed E-state index contributed by atoms with van der Waals surface area (Å²) in [5.74, 6) is -0.688. The fourth-order valence-corrected chi connectivity index (χ4v) is 3.74. The average molecular weight is 426 g/mol. The van der Waals surface area contributed by atoms with Crippen LogP contribution in [0, 0.1) is 6.92 Å². The Morgan fingerprint density at radius 3 is 2.00 bits per heavy atom. The minimum Gasteiger partial charge on any atom is -0.378 e. The molecule has 0 unspecified atom stereocenters. The van der Waals surface area contributed by atoms with Crippen LogP contribution in [0.15, 0.2) is 78.5 Å². The van der Waals surface area contributed by atoms with E-state index in [4.69, 9.17) is 0 Å². The van der Waals surface area contributed by atoms with Gasteiger partial charge in [-0.2, -0.15) is 0 Å². The van der Waals surface area contributed by atoms with Crippen molar-refractivity contribution in [3.8, 4) is 0 Å². The molecule has 0 radical (unpaired) electrons. The Bertz CT molecular complexity index is 1180. The molecule has 1 aliphatic rings. The first-order valence-corrected chi connectivity index (χ1v) is 10.7. The normalized spacial score (nSPS) is 13.7. The monoisotopic (exact) mass is 425 g/mol. The number of carbonyl (C=O) groups is 2. The predicted molar refractivity (Wildman–Crippen MR) is 131 cm³/mol. The lowest BCUT2D eigenvalue weighted by atomic mass is 10.0. The molecule has 5 nitrogen and oxygen atoms in total. The van der Waals surface area contributed by atoms with Crippen LogP contribution < -0.4 is 15.1 Å². The highest BCUT2D eigenvalue weighted by Gasteiger charge is 2.40. The summed E-state index contributed by atoms with van der Waals surface area (Å²) in [4.78, 5) is 30.2. The van der Waals surface area contributed by atoms with Gasteiger partial charge in [-0.3, -0.25) is 9.59 Å². The van der Waals surface area contributed by atoms with Crippen molar-refractivity contribution in [1.29, 1.82) is 0 Å². The van der Waals surface area contributed by atoms with Crippen LogP contribution in [0.3, 0.4) is 0 Å². The highest BCUT2D eigenvalue weighted by atomic mass is 16.2. The van der Waals surface area contributed by atoms with Gasteiger partial charge in [0.15, 0.2) is 0 Å². The lowest BCUT2D eigenvalue weighted by Gasteiger charge is -2.18. The van der Waals surface area contributed by atoms with Crippen LogP contribution in [0.2, 0.25) is 0 Å². The minimum atomic E-state index is -0.359. The second kappa shape index (κ2) is 8.71. The first kappa shape index (κ1) is 21.4. The summed E-state index contributed by atoms with van der Waals surface area (Å²) in [5, 5.41) is 3.22. The van der Waals surface area contributed by atoms with Gasteiger partial charge in [-0.15, -0.1) is 0 Å². The highest BCUT2D eigenvalue weighted by Crippen LogP contribution is 2.34. The zero-order chi connectivity index (χ0) is 22.8. The predicted octanol–water partition coefficient (Wildman–Crippen LogP) is 5.02. The van der Waals surface area contributed by atoms with Crippen molar-refractivity contribution in [3.05, 3.63) is 95.2 Å². The second-order valence-electron chi connectivity index (χ2n) is 8.15. The number of carbonyl (C=O) groups excluding carboxylic acids is 2. The number of amides is 2. The Balaban J connectivity index is 1.76. The molecule has 2 amide bonds. The van der Waals surface area contributed by atoms with Gasteiger partial charge in [-0.05, 0) is 60.9 Å². The van der Waals surface area contributed by atoms with Gasteiger partial charge in [0, 0.05) is 25.5 Å². The molecular formula is C27H27N3O2. The number of nitrogens with zero attached hydrogens (tertiary/aromatic N) is 2. The molecule has 0 saturated carbocycles. The molecule has 0 atom stereocenters. The molecule has 1 heterocycles. The quantitative estimate of drug-likeness (QED) is 0.564. The number of benzene rings is 3. The second-order valence-corrected chi connectivity index (χ2v) is 8.15. The maximum atomic E-state index is 13.5. The van der Waals surface area contributed by atoms with Gasteiger partial charge in [0.25, 0.3) is 11.8 Å². The molecular weight excluding hydrogens is 398 g/mol. The minimum absolute atomic E-state index is 0.291. The molecule has 5 heteroatoms. The summed E-state index contributed by atoms with van der Waals surface area (Å²) in [6.07, 6.45) is 0.936. The smallest absolute Gasteiger partial charge is 0.282 e. The van der Waals surface area contributed by atoms with E-state index in [-0.39, 0.29) is 11.8 Å². The van der Waals surface area contributed by atoms with Gasteiger partial charge in [0.1, 0.15) is 5.70 Å². The Morgan fingerprint density at radius 1 is 0.812 bits per heavy atom. The Labute approximate surface area is 189 Å². The van der Waals surface area contributed by atoms with Gasteiger partial charge in [-0.25, -0.2) is 4.90 Å². The maximum absolute atomic E-state index is 13.5. The molecule has 3 aromatic rings. The van der Waals surface area contributed by atoms with Crippen LogP contribution in [-0.4, -0.2) is 25.9 Å². The first-order valence-electron chi connectivity index (χ1n) is 10.7. The van der Waals surface area contributed by atoms with Crippen molar-refractivity contribution in [2.75, 3.05) is 29.2 Å². The molecule has 4 rings (SSSR count). The van der Waals surface area contributed by atoms with E-state index < -0.39 is 0 Å². The standard InChI is InChI=1S/C27H27N3O2/c1-5-19-8-12-21(13-9-19)28-25-24(20-10-6-18(2)7-11-20)26(31)30(27(25)32)23-16-14-22(15-17-23)29(3)4/h6-17,28H,5H2,1-4H3. The van der Waals surface area contributed by atoms with Crippen LogP contribution in [-0.2, 0) is 16.0 Å². The first-order chi connectivity index (χ1) is 15.4. The van der Waals surface area contributed by atoms with E-state index in [1.807, 2.05) is 86.6 Å². The SMILES string of the molecule is CCc1ccc(NC2=C(c3ccc(C)cc3)C(=O)N(c3ccc(N(C)C)cc3)C2=O)cc1. The molecule has 0 aliphatic carbocycles. The molecule has 1 aliphatic heterocycles. The highest BCUT2D eigenvalue weighted by molar-refractivity contribution is 6.46. The molecule has 3 aromatic carbocycles. The molecule has 0 bridgehead atoms. The summed E-state index contributed by atoms with van der Waals surface area (Å²) in [6, 6.07) is 23.0. The van der Waals surface area contributed by atoms with E-state index in [1.54, 1.807) is 12.1 Å². The van der Waals surface area contributed by atoms with Crippen LogP contribution in [0.25, 0.3) is 5.57 Å². The van der Waals surface area contributed by atoms with Crippen molar-refractivity contribution in [3.63, 3.8) is 0 Å². The summed E-state index contributed by atoms with van der Waals surface area (Å²) >= 11 is 0. The topological polar surface area (TPSA) is 52.7 Å². The lowest BCUT2D eigenvalue weighted by molar-refractivity contribution is -0.120. The van der Waals surface area contributed by atoms with Crippen LogP contribution >= 0.6 is 0 Å².